The topological polar surface area (TPSA) is 32.3 Å². The number of likely N-dealkylation sites (tertiary alicyclic amines) is 1. The van der Waals surface area contributed by atoms with Gasteiger partial charge in [0.1, 0.15) is 0 Å². The highest BCUT2D eigenvalue weighted by molar-refractivity contribution is 7.80. The molecule has 0 radical (unpaired) electrons. The Bertz CT molecular complexity index is 399. The SMILES string of the molecule is CC(CNC(=O)c1ccc(S)cc1)N1CCCC1. The van der Waals surface area contributed by atoms with Crippen molar-refractivity contribution in [2.75, 3.05) is 19.6 Å². The van der Waals surface area contributed by atoms with Crippen LogP contribution in [-0.4, -0.2) is 36.5 Å². The summed E-state index contributed by atoms with van der Waals surface area (Å²) in [6.07, 6.45) is 2.56. The van der Waals surface area contributed by atoms with Gasteiger partial charge in [-0.1, -0.05) is 0 Å². The van der Waals surface area contributed by atoms with E-state index in [4.69, 9.17) is 0 Å². The number of nitrogens with one attached hydrogen (secondary N) is 1. The number of carbonyl (C=O) groups excluding carboxylic acids is 1. The van der Waals surface area contributed by atoms with Crippen LogP contribution in [0.2, 0.25) is 0 Å². The van der Waals surface area contributed by atoms with Crippen molar-refractivity contribution in [2.45, 2.75) is 30.7 Å². The lowest BCUT2D eigenvalue weighted by atomic mass is 10.2. The molecule has 1 aromatic rings. The highest BCUT2D eigenvalue weighted by Gasteiger charge is 2.18. The third kappa shape index (κ3) is 3.50. The van der Waals surface area contributed by atoms with E-state index >= 15 is 0 Å². The molecule has 1 aromatic carbocycles. The predicted molar refractivity (Wildman–Crippen MR) is 76.3 cm³/mol. The summed E-state index contributed by atoms with van der Waals surface area (Å²) >= 11 is 4.21. The molecule has 1 heterocycles. The van der Waals surface area contributed by atoms with E-state index in [0.29, 0.717) is 18.2 Å². The lowest BCUT2D eigenvalue weighted by Crippen LogP contribution is -2.40. The first kappa shape index (κ1) is 13.4. The monoisotopic (exact) mass is 264 g/mol. The molecule has 0 bridgehead atoms. The third-order valence-electron chi connectivity index (χ3n) is 3.45. The summed E-state index contributed by atoms with van der Waals surface area (Å²) in [5.41, 5.74) is 0.696. The maximum absolute atomic E-state index is 11.9. The fraction of sp³-hybridized carbons (Fsp3) is 0.500. The van der Waals surface area contributed by atoms with Gasteiger partial charge < -0.3 is 5.32 Å². The molecule has 1 fully saturated rings. The van der Waals surface area contributed by atoms with Crippen LogP contribution in [0.5, 0.6) is 0 Å². The van der Waals surface area contributed by atoms with Gasteiger partial charge in [-0.25, -0.2) is 0 Å². The van der Waals surface area contributed by atoms with Crippen molar-refractivity contribution in [3.8, 4) is 0 Å². The molecule has 1 atom stereocenters. The average Bonchev–Trinajstić information content (AvgIpc) is 2.90. The zero-order chi connectivity index (χ0) is 13.0. The summed E-state index contributed by atoms with van der Waals surface area (Å²) in [5.74, 6) is -0.00520. The van der Waals surface area contributed by atoms with Crippen LogP contribution in [0.3, 0.4) is 0 Å². The fourth-order valence-electron chi connectivity index (χ4n) is 2.27. The second-order valence-electron chi connectivity index (χ2n) is 4.85. The second kappa shape index (κ2) is 6.25. The van der Waals surface area contributed by atoms with E-state index in [-0.39, 0.29) is 5.91 Å². The summed E-state index contributed by atoms with van der Waals surface area (Å²) in [4.78, 5) is 15.2. The average molecular weight is 264 g/mol. The van der Waals surface area contributed by atoms with E-state index in [0.717, 1.165) is 18.0 Å². The number of benzene rings is 1. The van der Waals surface area contributed by atoms with E-state index in [1.807, 2.05) is 12.1 Å². The van der Waals surface area contributed by atoms with Crippen molar-refractivity contribution >= 4 is 18.5 Å². The highest BCUT2D eigenvalue weighted by Crippen LogP contribution is 2.11. The molecule has 1 aliphatic rings. The highest BCUT2D eigenvalue weighted by atomic mass is 32.1. The van der Waals surface area contributed by atoms with E-state index in [1.54, 1.807) is 12.1 Å². The molecule has 2 rings (SSSR count). The van der Waals surface area contributed by atoms with Gasteiger partial charge in [0, 0.05) is 23.0 Å². The first-order chi connectivity index (χ1) is 8.66. The van der Waals surface area contributed by atoms with E-state index in [9.17, 15) is 4.79 Å². The van der Waals surface area contributed by atoms with Gasteiger partial charge in [-0.15, -0.1) is 12.6 Å². The van der Waals surface area contributed by atoms with Crippen LogP contribution in [-0.2, 0) is 0 Å². The smallest absolute Gasteiger partial charge is 0.251 e. The van der Waals surface area contributed by atoms with E-state index in [1.165, 1.54) is 12.8 Å². The van der Waals surface area contributed by atoms with Crippen molar-refractivity contribution in [3.05, 3.63) is 29.8 Å². The molecule has 0 spiro atoms. The Balaban J connectivity index is 1.82. The van der Waals surface area contributed by atoms with Gasteiger partial charge in [0.05, 0.1) is 0 Å². The van der Waals surface area contributed by atoms with Gasteiger partial charge in [-0.3, -0.25) is 9.69 Å². The zero-order valence-electron chi connectivity index (χ0n) is 10.7. The minimum Gasteiger partial charge on any atom is -0.350 e. The van der Waals surface area contributed by atoms with Crippen molar-refractivity contribution in [3.63, 3.8) is 0 Å². The van der Waals surface area contributed by atoms with Gasteiger partial charge in [-0.05, 0) is 57.1 Å². The summed E-state index contributed by atoms with van der Waals surface area (Å²) in [6, 6.07) is 7.70. The molecule has 0 saturated carbocycles. The molecule has 1 amide bonds. The number of rotatable bonds is 4. The van der Waals surface area contributed by atoms with Crippen LogP contribution in [0, 0.1) is 0 Å². The first-order valence-electron chi connectivity index (χ1n) is 6.48. The largest absolute Gasteiger partial charge is 0.350 e. The van der Waals surface area contributed by atoms with Crippen LogP contribution in [0.25, 0.3) is 0 Å². The maximum Gasteiger partial charge on any atom is 0.251 e. The van der Waals surface area contributed by atoms with Crippen LogP contribution in [0.4, 0.5) is 0 Å². The zero-order valence-corrected chi connectivity index (χ0v) is 11.6. The Labute approximate surface area is 114 Å². The summed E-state index contributed by atoms with van der Waals surface area (Å²) in [5, 5.41) is 2.99. The summed E-state index contributed by atoms with van der Waals surface area (Å²) in [6.45, 7) is 5.20. The molecule has 3 nitrogen and oxygen atoms in total. The lowest BCUT2D eigenvalue weighted by Gasteiger charge is -2.23. The maximum atomic E-state index is 11.9. The van der Waals surface area contributed by atoms with Gasteiger partial charge in [0.2, 0.25) is 0 Å². The molecule has 0 aliphatic carbocycles. The fourth-order valence-corrected chi connectivity index (χ4v) is 2.42. The van der Waals surface area contributed by atoms with Crippen molar-refractivity contribution in [1.29, 1.82) is 0 Å². The third-order valence-corrected chi connectivity index (χ3v) is 3.75. The number of hydrogen-bond donors (Lipinski definition) is 2. The molecule has 4 heteroatoms. The molecule has 18 heavy (non-hydrogen) atoms. The summed E-state index contributed by atoms with van der Waals surface area (Å²) < 4.78 is 0. The molecular formula is C14H20N2OS. The second-order valence-corrected chi connectivity index (χ2v) is 5.37. The Hall–Kier alpha value is -1.00. The number of amides is 1. The Kier molecular flexibility index (Phi) is 4.66. The minimum atomic E-state index is -0.00520. The standard InChI is InChI=1S/C14H20N2OS/c1-11(16-8-2-3-9-16)10-15-14(17)12-4-6-13(18)7-5-12/h4-7,11,18H,2-3,8-10H2,1H3,(H,15,17). The van der Waals surface area contributed by atoms with Crippen molar-refractivity contribution in [1.82, 2.24) is 10.2 Å². The normalized spacial score (nSPS) is 17.7. The molecule has 1 N–H and O–H groups in total. The van der Waals surface area contributed by atoms with Crippen LogP contribution < -0.4 is 5.32 Å². The van der Waals surface area contributed by atoms with Gasteiger partial charge in [0.15, 0.2) is 0 Å². The van der Waals surface area contributed by atoms with E-state index < -0.39 is 0 Å². The molecule has 1 saturated heterocycles. The predicted octanol–water partition coefficient (Wildman–Crippen LogP) is 2.19. The Morgan fingerprint density at radius 2 is 1.94 bits per heavy atom. The van der Waals surface area contributed by atoms with E-state index in [2.05, 4.69) is 29.8 Å². The minimum absolute atomic E-state index is 0.00520. The van der Waals surface area contributed by atoms with Crippen LogP contribution in [0.15, 0.2) is 29.2 Å². The lowest BCUT2D eigenvalue weighted by molar-refractivity contribution is 0.0940. The molecule has 98 valence electrons. The number of thiol groups is 1. The van der Waals surface area contributed by atoms with Crippen LogP contribution >= 0.6 is 12.6 Å². The van der Waals surface area contributed by atoms with Gasteiger partial charge in [0.25, 0.3) is 5.91 Å². The van der Waals surface area contributed by atoms with Gasteiger partial charge in [-0.2, -0.15) is 0 Å². The van der Waals surface area contributed by atoms with Crippen LogP contribution in [0.1, 0.15) is 30.1 Å². The quantitative estimate of drug-likeness (QED) is 0.817. The van der Waals surface area contributed by atoms with Crippen molar-refractivity contribution < 1.29 is 4.79 Å². The first-order valence-corrected chi connectivity index (χ1v) is 6.93. The Morgan fingerprint density at radius 1 is 1.33 bits per heavy atom. The molecule has 0 aromatic heterocycles. The molecule has 1 aliphatic heterocycles. The number of hydrogen-bond acceptors (Lipinski definition) is 3. The molecule has 1 unspecified atom stereocenters. The molecular weight excluding hydrogens is 244 g/mol. The Morgan fingerprint density at radius 3 is 2.56 bits per heavy atom. The number of carbonyl (C=O) groups is 1. The van der Waals surface area contributed by atoms with Gasteiger partial charge >= 0.3 is 0 Å². The number of nitrogens with zero attached hydrogens (tertiary/aromatic N) is 1. The summed E-state index contributed by atoms with van der Waals surface area (Å²) in [7, 11) is 0. The van der Waals surface area contributed by atoms with Crippen molar-refractivity contribution in [2.24, 2.45) is 0 Å².